The normalized spacial score (nSPS) is 28.4. The molecule has 0 radical (unpaired) electrons. The molecule has 0 aromatic heterocycles. The first-order valence-corrected chi connectivity index (χ1v) is 11.1. The third kappa shape index (κ3) is 3.21. The second-order valence-corrected chi connectivity index (χ2v) is 9.12. The minimum absolute atomic E-state index is 0.0415. The number of fused-ring (bicyclic) bond motifs is 6. The number of piperazine rings is 1. The summed E-state index contributed by atoms with van der Waals surface area (Å²) in [6, 6.07) is 19.2. The van der Waals surface area contributed by atoms with Gasteiger partial charge in [0.15, 0.2) is 0 Å². The monoisotopic (exact) mass is 405 g/mol. The third-order valence-electron chi connectivity index (χ3n) is 7.26. The number of benzene rings is 2. The van der Waals surface area contributed by atoms with Crippen LogP contribution in [-0.4, -0.2) is 61.1 Å². The van der Waals surface area contributed by atoms with E-state index in [9.17, 15) is 4.79 Å². The van der Waals surface area contributed by atoms with Crippen molar-refractivity contribution in [1.29, 1.82) is 0 Å². The van der Waals surface area contributed by atoms with E-state index in [0.717, 1.165) is 11.3 Å². The quantitative estimate of drug-likeness (QED) is 0.828. The zero-order chi connectivity index (χ0) is 20.8. The molecule has 2 aromatic carbocycles. The number of hydrogen-bond donors (Lipinski definition) is 1. The molecule has 158 valence electrons. The van der Waals surface area contributed by atoms with E-state index in [0.29, 0.717) is 24.2 Å². The number of carbonyl (C=O) groups excluding carboxylic acids is 1. The van der Waals surface area contributed by atoms with Gasteiger partial charge >= 0.3 is 0 Å². The van der Waals surface area contributed by atoms with Gasteiger partial charge in [0.2, 0.25) is 0 Å². The SMILES string of the molecule is COc1cccc(C(c2ccc(C(=O)N(C)C)cc2)N2C3CCC2[C@H]2CCC3N2)c1. The summed E-state index contributed by atoms with van der Waals surface area (Å²) < 4.78 is 5.55. The molecular formula is C25H31N3O2. The molecule has 3 fully saturated rings. The molecule has 3 aliphatic rings. The second-order valence-electron chi connectivity index (χ2n) is 9.12. The lowest BCUT2D eigenvalue weighted by Gasteiger charge is -2.45. The van der Waals surface area contributed by atoms with Crippen LogP contribution in [0.4, 0.5) is 0 Å². The molecule has 0 spiro atoms. The topological polar surface area (TPSA) is 44.8 Å². The first-order chi connectivity index (χ1) is 14.6. The molecule has 2 aromatic rings. The van der Waals surface area contributed by atoms with Crippen LogP contribution in [0.1, 0.15) is 53.2 Å². The van der Waals surface area contributed by atoms with E-state index in [4.69, 9.17) is 4.74 Å². The van der Waals surface area contributed by atoms with Gasteiger partial charge < -0.3 is 15.0 Å². The minimum atomic E-state index is 0.0415. The number of amides is 1. The maximum atomic E-state index is 12.4. The molecule has 5 atom stereocenters. The van der Waals surface area contributed by atoms with E-state index in [2.05, 4.69) is 40.5 Å². The Morgan fingerprint density at radius 1 is 1.00 bits per heavy atom. The van der Waals surface area contributed by atoms with Gasteiger partial charge in [-0.05, 0) is 61.1 Å². The lowest BCUT2D eigenvalue weighted by molar-refractivity contribution is 0.0805. The molecule has 3 saturated heterocycles. The summed E-state index contributed by atoms with van der Waals surface area (Å²) in [6.45, 7) is 0. The molecule has 0 saturated carbocycles. The van der Waals surface area contributed by atoms with Crippen molar-refractivity contribution in [2.45, 2.75) is 55.9 Å². The fraction of sp³-hybridized carbons (Fsp3) is 0.480. The summed E-state index contributed by atoms with van der Waals surface area (Å²) >= 11 is 0. The van der Waals surface area contributed by atoms with E-state index in [1.807, 2.05) is 18.2 Å². The Labute approximate surface area is 179 Å². The van der Waals surface area contributed by atoms with Crippen LogP contribution < -0.4 is 10.1 Å². The highest BCUT2D eigenvalue weighted by atomic mass is 16.5. The van der Waals surface area contributed by atoms with Gasteiger partial charge in [-0.1, -0.05) is 24.3 Å². The predicted molar refractivity (Wildman–Crippen MR) is 118 cm³/mol. The summed E-state index contributed by atoms with van der Waals surface area (Å²) in [6.07, 6.45) is 5.08. The van der Waals surface area contributed by atoms with Crippen molar-refractivity contribution in [1.82, 2.24) is 15.1 Å². The summed E-state index contributed by atoms with van der Waals surface area (Å²) in [7, 11) is 5.32. The van der Waals surface area contributed by atoms with E-state index in [1.165, 1.54) is 36.8 Å². The number of hydrogen-bond acceptors (Lipinski definition) is 4. The van der Waals surface area contributed by atoms with Crippen molar-refractivity contribution >= 4 is 5.91 Å². The maximum absolute atomic E-state index is 12.4. The fourth-order valence-electron chi connectivity index (χ4n) is 5.91. The number of nitrogens with zero attached hydrogens (tertiary/aromatic N) is 2. The number of nitrogens with one attached hydrogen (secondary N) is 1. The molecule has 4 unspecified atom stereocenters. The number of carbonyl (C=O) groups is 1. The average Bonchev–Trinajstić information content (AvgIpc) is 3.33. The Bertz CT molecular complexity index is 908. The van der Waals surface area contributed by atoms with Crippen LogP contribution in [0.5, 0.6) is 5.75 Å². The first kappa shape index (κ1) is 19.6. The molecule has 1 N–H and O–H groups in total. The zero-order valence-corrected chi connectivity index (χ0v) is 18.0. The molecule has 1 amide bonds. The molecule has 30 heavy (non-hydrogen) atoms. The van der Waals surface area contributed by atoms with E-state index >= 15 is 0 Å². The second kappa shape index (κ2) is 7.71. The Kier molecular flexibility index (Phi) is 5.03. The number of methoxy groups -OCH3 is 1. The molecule has 3 heterocycles. The number of ether oxygens (including phenoxy) is 1. The van der Waals surface area contributed by atoms with E-state index < -0.39 is 0 Å². The van der Waals surface area contributed by atoms with Crippen LogP contribution >= 0.6 is 0 Å². The Morgan fingerprint density at radius 3 is 2.27 bits per heavy atom. The highest BCUT2D eigenvalue weighted by molar-refractivity contribution is 5.93. The molecule has 5 rings (SSSR count). The van der Waals surface area contributed by atoms with Crippen molar-refractivity contribution in [3.05, 3.63) is 65.2 Å². The Morgan fingerprint density at radius 2 is 1.67 bits per heavy atom. The number of rotatable bonds is 5. The molecule has 0 aliphatic carbocycles. The molecular weight excluding hydrogens is 374 g/mol. The summed E-state index contributed by atoms with van der Waals surface area (Å²) in [4.78, 5) is 16.8. The average molecular weight is 406 g/mol. The lowest BCUT2D eigenvalue weighted by atomic mass is 9.92. The van der Waals surface area contributed by atoms with Gasteiger partial charge in [0.25, 0.3) is 5.91 Å². The minimum Gasteiger partial charge on any atom is -0.497 e. The highest BCUT2D eigenvalue weighted by Gasteiger charge is 2.52. The van der Waals surface area contributed by atoms with Crippen LogP contribution in [0.3, 0.4) is 0 Å². The summed E-state index contributed by atoms with van der Waals surface area (Å²) in [5, 5.41) is 3.88. The van der Waals surface area contributed by atoms with Crippen molar-refractivity contribution in [3.8, 4) is 5.75 Å². The zero-order valence-electron chi connectivity index (χ0n) is 18.0. The van der Waals surface area contributed by atoms with Crippen LogP contribution in [0.15, 0.2) is 48.5 Å². The van der Waals surface area contributed by atoms with Crippen LogP contribution in [0.2, 0.25) is 0 Å². The van der Waals surface area contributed by atoms with Crippen LogP contribution in [0, 0.1) is 0 Å². The van der Waals surface area contributed by atoms with Gasteiger partial charge in [0.05, 0.1) is 13.2 Å². The molecule has 3 aliphatic heterocycles. The first-order valence-electron chi connectivity index (χ1n) is 11.1. The Balaban J connectivity index is 1.56. The van der Waals surface area contributed by atoms with E-state index in [1.54, 1.807) is 26.1 Å². The van der Waals surface area contributed by atoms with Gasteiger partial charge in [-0.25, -0.2) is 0 Å². The fourth-order valence-corrected chi connectivity index (χ4v) is 5.91. The van der Waals surface area contributed by atoms with Crippen molar-refractivity contribution in [2.75, 3.05) is 21.2 Å². The van der Waals surface area contributed by atoms with Crippen molar-refractivity contribution < 1.29 is 9.53 Å². The lowest BCUT2D eigenvalue weighted by Crippen LogP contribution is -2.59. The van der Waals surface area contributed by atoms with Crippen molar-refractivity contribution in [2.24, 2.45) is 0 Å². The van der Waals surface area contributed by atoms with Crippen molar-refractivity contribution in [3.63, 3.8) is 0 Å². The van der Waals surface area contributed by atoms with Gasteiger partial charge in [-0.2, -0.15) is 0 Å². The van der Waals surface area contributed by atoms with E-state index in [-0.39, 0.29) is 11.9 Å². The van der Waals surface area contributed by atoms with Gasteiger partial charge in [-0.3, -0.25) is 9.69 Å². The maximum Gasteiger partial charge on any atom is 0.253 e. The smallest absolute Gasteiger partial charge is 0.253 e. The van der Waals surface area contributed by atoms with Gasteiger partial charge in [0.1, 0.15) is 5.75 Å². The summed E-state index contributed by atoms with van der Waals surface area (Å²) in [5.74, 6) is 0.933. The largest absolute Gasteiger partial charge is 0.497 e. The third-order valence-corrected chi connectivity index (χ3v) is 7.26. The Hall–Kier alpha value is -2.37. The standard InChI is InChI=1S/C25H31N3O2/c1-27(2)25(29)17-9-7-16(8-10-17)24(18-5-4-6-19(15-18)30-3)28-22-13-14-23(28)21-12-11-20(22)26-21/h4-10,15,20-24,26H,11-14H2,1-3H3/t20-,21?,22?,23?,24?/m1/s1. The highest BCUT2D eigenvalue weighted by Crippen LogP contribution is 2.47. The summed E-state index contributed by atoms with van der Waals surface area (Å²) in [5.41, 5.74) is 3.24. The van der Waals surface area contributed by atoms with Gasteiger partial charge in [0, 0.05) is 43.8 Å². The van der Waals surface area contributed by atoms with Gasteiger partial charge in [-0.15, -0.1) is 0 Å². The van der Waals surface area contributed by atoms with Crippen LogP contribution in [0.25, 0.3) is 0 Å². The molecule has 5 heteroatoms. The predicted octanol–water partition coefficient (Wildman–Crippen LogP) is 3.45. The molecule has 4 bridgehead atoms. The van der Waals surface area contributed by atoms with Crippen LogP contribution in [-0.2, 0) is 0 Å². The molecule has 5 nitrogen and oxygen atoms in total.